The Labute approximate surface area is 288 Å². The Kier molecular flexibility index (Phi) is 13.9. The highest BCUT2D eigenvalue weighted by Gasteiger charge is 2.23. The van der Waals surface area contributed by atoms with Crippen molar-refractivity contribution in [1.29, 1.82) is 0 Å². The Bertz CT molecular complexity index is 1810. The largest absolute Gasteiger partial charge is 0.452 e. The number of halogens is 2. The van der Waals surface area contributed by atoms with Crippen molar-refractivity contribution >= 4 is 67.6 Å². The normalized spacial score (nSPS) is 11.1. The van der Waals surface area contributed by atoms with Gasteiger partial charge in [0.15, 0.2) is 6.61 Å². The van der Waals surface area contributed by atoms with Gasteiger partial charge < -0.3 is 15.0 Å². The van der Waals surface area contributed by atoms with Crippen LogP contribution in [0.4, 0.5) is 5.69 Å². The van der Waals surface area contributed by atoms with Crippen LogP contribution in [0.3, 0.4) is 0 Å². The standard InChI is InChI=1S/C30H28BrClN4O5S.C3H7NO/c1-3-35(4-2)42(39,40)25-15-16-26(32)27(18-25)33-28(37)20-41-29(38)17-12-22-19-36(24-8-6-5-7-9-24)34-30(22)21-10-13-23(31)14-11-21;1-4(2)3-5/h5-19H,3-4,20H2,1-2H3,(H,33,37);3H,1-2H3. The van der Waals surface area contributed by atoms with Gasteiger partial charge in [0.2, 0.25) is 16.4 Å². The van der Waals surface area contributed by atoms with Gasteiger partial charge in [-0.15, -0.1) is 0 Å². The SMILES string of the molecule is CCN(CC)S(=O)(=O)c1ccc(Cl)c(NC(=O)COC(=O)C=Cc2cn(-c3ccccc3)nc2-c2ccc(Br)cc2)c1.CN(C)C=O. The highest BCUT2D eigenvalue weighted by Crippen LogP contribution is 2.28. The number of ether oxygens (including phenoxy) is 1. The maximum absolute atomic E-state index is 12.8. The zero-order chi connectivity index (χ0) is 34.6. The molecule has 0 aliphatic heterocycles. The van der Waals surface area contributed by atoms with E-state index in [1.54, 1.807) is 44.9 Å². The maximum Gasteiger partial charge on any atom is 0.331 e. The number of aromatic nitrogens is 2. The average Bonchev–Trinajstić information content (AvgIpc) is 3.49. The summed E-state index contributed by atoms with van der Waals surface area (Å²) in [4.78, 5) is 35.9. The van der Waals surface area contributed by atoms with Crippen LogP contribution < -0.4 is 5.32 Å². The molecular weight excluding hydrogens is 710 g/mol. The molecule has 1 N–H and O–H groups in total. The molecule has 248 valence electrons. The van der Waals surface area contributed by atoms with Gasteiger partial charge in [0.1, 0.15) is 0 Å². The topological polar surface area (TPSA) is 131 Å². The first kappa shape index (κ1) is 37.2. The Hall–Kier alpha value is -4.30. The fourth-order valence-electron chi connectivity index (χ4n) is 4.06. The number of amides is 2. The predicted octanol–water partition coefficient (Wildman–Crippen LogP) is 5.89. The molecule has 1 aromatic heterocycles. The highest BCUT2D eigenvalue weighted by atomic mass is 79.9. The first-order valence-electron chi connectivity index (χ1n) is 14.4. The third-order valence-electron chi connectivity index (χ3n) is 6.39. The molecule has 0 bridgehead atoms. The van der Waals surface area contributed by atoms with E-state index in [1.165, 1.54) is 33.5 Å². The minimum absolute atomic E-state index is 0.0107. The Morgan fingerprint density at radius 2 is 1.66 bits per heavy atom. The number of hydrogen-bond donors (Lipinski definition) is 1. The summed E-state index contributed by atoms with van der Waals surface area (Å²) in [6.45, 7) is 3.46. The lowest BCUT2D eigenvalue weighted by atomic mass is 10.1. The number of carbonyl (C=O) groups excluding carboxylic acids is 3. The summed E-state index contributed by atoms with van der Waals surface area (Å²) in [6, 6.07) is 21.2. The molecule has 0 saturated heterocycles. The number of carbonyl (C=O) groups is 3. The van der Waals surface area contributed by atoms with Crippen LogP contribution in [0.5, 0.6) is 0 Å². The van der Waals surface area contributed by atoms with Crippen LogP contribution in [0.25, 0.3) is 23.0 Å². The van der Waals surface area contributed by atoms with Crippen LogP contribution in [0, 0.1) is 0 Å². The lowest BCUT2D eigenvalue weighted by molar-refractivity contribution is -0.142. The summed E-state index contributed by atoms with van der Waals surface area (Å²) in [6.07, 6.45) is 5.33. The van der Waals surface area contributed by atoms with Crippen molar-refractivity contribution in [2.24, 2.45) is 0 Å². The van der Waals surface area contributed by atoms with Crippen molar-refractivity contribution in [3.8, 4) is 16.9 Å². The number of esters is 1. The Morgan fingerprint density at radius 3 is 2.26 bits per heavy atom. The third kappa shape index (κ3) is 10.6. The lowest BCUT2D eigenvalue weighted by Gasteiger charge is -2.19. The van der Waals surface area contributed by atoms with E-state index in [1.807, 2.05) is 54.6 Å². The van der Waals surface area contributed by atoms with Gasteiger partial charge in [-0.1, -0.05) is 71.7 Å². The second-order valence-electron chi connectivity index (χ2n) is 10.0. The molecule has 0 saturated carbocycles. The summed E-state index contributed by atoms with van der Waals surface area (Å²) in [7, 11) is -0.383. The third-order valence-corrected chi connectivity index (χ3v) is 9.30. The van der Waals surface area contributed by atoms with Crippen LogP contribution in [0.1, 0.15) is 19.4 Å². The molecular formula is C33H35BrClN5O6S. The summed E-state index contributed by atoms with van der Waals surface area (Å²) < 4.78 is 34.7. The molecule has 0 fully saturated rings. The minimum atomic E-state index is -3.76. The number of para-hydroxylation sites is 1. The number of benzene rings is 3. The maximum atomic E-state index is 12.8. The van der Waals surface area contributed by atoms with Crippen molar-refractivity contribution in [3.05, 3.63) is 100 Å². The molecule has 0 unspecified atom stereocenters. The molecule has 0 spiro atoms. The first-order valence-corrected chi connectivity index (χ1v) is 17.0. The van der Waals surface area contributed by atoms with Crippen LogP contribution in [0.2, 0.25) is 5.02 Å². The summed E-state index contributed by atoms with van der Waals surface area (Å²) in [5.74, 6) is -1.42. The molecule has 0 aliphatic carbocycles. The van der Waals surface area contributed by atoms with E-state index in [2.05, 4.69) is 21.2 Å². The molecule has 14 heteroatoms. The molecule has 0 aliphatic rings. The quantitative estimate of drug-likeness (QED) is 0.109. The zero-order valence-corrected chi connectivity index (χ0v) is 29.4. The van der Waals surface area contributed by atoms with E-state index in [-0.39, 0.29) is 15.6 Å². The molecule has 0 radical (unpaired) electrons. The molecule has 2 amide bonds. The number of hydrogen-bond acceptors (Lipinski definition) is 7. The number of rotatable bonds is 12. The number of nitrogens with one attached hydrogen (secondary N) is 1. The van der Waals surface area contributed by atoms with Crippen LogP contribution in [-0.4, -0.2) is 79.5 Å². The Morgan fingerprint density at radius 1 is 1.02 bits per heavy atom. The van der Waals surface area contributed by atoms with Crippen molar-refractivity contribution in [2.75, 3.05) is 39.1 Å². The van der Waals surface area contributed by atoms with Crippen LogP contribution in [0.15, 0.2) is 94.4 Å². The van der Waals surface area contributed by atoms with Crippen molar-refractivity contribution < 1.29 is 27.5 Å². The van der Waals surface area contributed by atoms with E-state index in [0.29, 0.717) is 24.3 Å². The summed E-state index contributed by atoms with van der Waals surface area (Å²) in [5, 5.41) is 7.36. The van der Waals surface area contributed by atoms with Gasteiger partial charge >= 0.3 is 5.97 Å². The molecule has 4 aromatic rings. The van der Waals surface area contributed by atoms with Gasteiger partial charge in [0.05, 0.1) is 27.0 Å². The van der Waals surface area contributed by atoms with Crippen molar-refractivity contribution in [3.63, 3.8) is 0 Å². The van der Waals surface area contributed by atoms with E-state index in [0.717, 1.165) is 22.1 Å². The number of nitrogens with zero attached hydrogens (tertiary/aromatic N) is 4. The minimum Gasteiger partial charge on any atom is -0.452 e. The van der Waals surface area contributed by atoms with Gasteiger partial charge in [0, 0.05) is 55.1 Å². The molecule has 0 atom stereocenters. The lowest BCUT2D eigenvalue weighted by Crippen LogP contribution is -2.30. The molecule has 11 nitrogen and oxygen atoms in total. The van der Waals surface area contributed by atoms with Crippen LogP contribution >= 0.6 is 27.5 Å². The average molecular weight is 745 g/mol. The summed E-state index contributed by atoms with van der Waals surface area (Å²) >= 11 is 9.62. The fourth-order valence-corrected chi connectivity index (χ4v) is 5.97. The second-order valence-corrected chi connectivity index (χ2v) is 13.3. The zero-order valence-electron chi connectivity index (χ0n) is 26.3. The van der Waals surface area contributed by atoms with Crippen molar-refractivity contribution in [2.45, 2.75) is 18.7 Å². The fraction of sp³-hybridized carbons (Fsp3) is 0.212. The molecule has 47 heavy (non-hydrogen) atoms. The van der Waals surface area contributed by atoms with E-state index < -0.39 is 28.5 Å². The first-order chi connectivity index (χ1) is 22.4. The van der Waals surface area contributed by atoms with Gasteiger partial charge in [-0.2, -0.15) is 9.40 Å². The molecule has 1 heterocycles. The van der Waals surface area contributed by atoms with Crippen molar-refractivity contribution in [1.82, 2.24) is 19.0 Å². The monoisotopic (exact) mass is 743 g/mol. The van der Waals surface area contributed by atoms with E-state index in [4.69, 9.17) is 21.4 Å². The molecule has 3 aromatic carbocycles. The van der Waals surface area contributed by atoms with Gasteiger partial charge in [0.25, 0.3) is 5.91 Å². The van der Waals surface area contributed by atoms with E-state index >= 15 is 0 Å². The highest BCUT2D eigenvalue weighted by molar-refractivity contribution is 9.10. The predicted molar refractivity (Wildman–Crippen MR) is 187 cm³/mol. The number of anilines is 1. The molecule has 4 rings (SSSR count). The second kappa shape index (κ2) is 17.6. The Balaban J connectivity index is 0.00000111. The van der Waals surface area contributed by atoms with Crippen LogP contribution in [-0.2, 0) is 29.1 Å². The smallest absolute Gasteiger partial charge is 0.331 e. The van der Waals surface area contributed by atoms with Gasteiger partial charge in [-0.05, 0) is 48.5 Å². The van der Waals surface area contributed by atoms with Gasteiger partial charge in [-0.25, -0.2) is 17.9 Å². The van der Waals surface area contributed by atoms with E-state index in [9.17, 15) is 22.8 Å². The summed E-state index contributed by atoms with van der Waals surface area (Å²) in [5.41, 5.74) is 3.11. The number of sulfonamides is 1. The van der Waals surface area contributed by atoms with Gasteiger partial charge in [-0.3, -0.25) is 9.59 Å².